The highest BCUT2D eigenvalue weighted by Gasteiger charge is 2.14. The number of carbonyl (C=O) groups is 1. The van der Waals surface area contributed by atoms with Crippen molar-refractivity contribution < 1.29 is 4.79 Å². The van der Waals surface area contributed by atoms with Crippen LogP contribution in [0.25, 0.3) is 5.69 Å². The van der Waals surface area contributed by atoms with E-state index in [9.17, 15) is 4.79 Å². The first-order chi connectivity index (χ1) is 15.1. The minimum absolute atomic E-state index is 0.208. The van der Waals surface area contributed by atoms with Crippen molar-refractivity contribution in [3.8, 4) is 5.69 Å². The maximum absolute atomic E-state index is 12.5. The second-order valence-corrected chi connectivity index (χ2v) is 7.41. The van der Waals surface area contributed by atoms with E-state index in [0.717, 1.165) is 33.8 Å². The summed E-state index contributed by atoms with van der Waals surface area (Å²) in [5.74, 6) is 0. The average Bonchev–Trinajstić information content (AvgIpc) is 3.40. The Balaban J connectivity index is 1.36. The van der Waals surface area contributed by atoms with Gasteiger partial charge in [-0.2, -0.15) is 10.2 Å². The highest BCUT2D eigenvalue weighted by Crippen LogP contribution is 2.17. The second-order valence-electron chi connectivity index (χ2n) is 7.41. The van der Waals surface area contributed by atoms with Crippen LogP contribution < -0.4 is 10.6 Å². The summed E-state index contributed by atoms with van der Waals surface area (Å²) in [6.07, 6.45) is 3.69. The van der Waals surface area contributed by atoms with E-state index in [-0.39, 0.29) is 6.03 Å². The summed E-state index contributed by atoms with van der Waals surface area (Å²) in [4.78, 5) is 12.5. The second kappa shape index (κ2) is 9.30. The molecule has 0 spiro atoms. The van der Waals surface area contributed by atoms with Crippen LogP contribution >= 0.6 is 0 Å². The molecule has 2 aromatic carbocycles. The van der Waals surface area contributed by atoms with Crippen LogP contribution in [-0.4, -0.2) is 25.6 Å². The smallest absolute Gasteiger partial charge is 0.315 e. The van der Waals surface area contributed by atoms with Crippen molar-refractivity contribution in [2.75, 3.05) is 0 Å². The van der Waals surface area contributed by atoms with Gasteiger partial charge in [-0.15, -0.1) is 0 Å². The molecule has 4 aromatic rings. The Morgan fingerprint density at radius 2 is 1.61 bits per heavy atom. The molecule has 2 N–H and O–H groups in total. The summed E-state index contributed by atoms with van der Waals surface area (Å²) in [7, 11) is 0. The first-order valence-corrected chi connectivity index (χ1v) is 10.3. The summed E-state index contributed by atoms with van der Waals surface area (Å²) < 4.78 is 3.78. The number of aryl methyl sites for hydroxylation is 1. The minimum Gasteiger partial charge on any atom is -0.334 e. The normalized spacial score (nSPS) is 10.8. The number of nitrogens with one attached hydrogen (secondary N) is 2. The molecule has 2 aromatic heterocycles. The standard InChI is InChI=1S/C24H26N6O/c1-18-23(19(2)30(28-18)22-11-4-3-5-12-22)16-26-24(31)25-15-20-9-6-7-10-21(20)17-29-14-8-13-27-29/h3-14H,15-17H2,1-2H3,(H2,25,26,31). The van der Waals surface area contributed by atoms with E-state index in [1.54, 1.807) is 6.20 Å². The maximum atomic E-state index is 12.5. The van der Waals surface area contributed by atoms with Gasteiger partial charge in [-0.25, -0.2) is 9.48 Å². The predicted octanol–water partition coefficient (Wildman–Crippen LogP) is 3.73. The summed E-state index contributed by atoms with van der Waals surface area (Å²) in [5.41, 5.74) is 6.16. The first kappa shape index (κ1) is 20.4. The van der Waals surface area contributed by atoms with Crippen LogP contribution in [0.5, 0.6) is 0 Å². The third-order valence-corrected chi connectivity index (χ3v) is 5.32. The van der Waals surface area contributed by atoms with Crippen LogP contribution in [0.3, 0.4) is 0 Å². The molecule has 0 saturated heterocycles. The number of carbonyl (C=O) groups excluding carboxylic acids is 1. The lowest BCUT2D eigenvalue weighted by Gasteiger charge is -2.12. The van der Waals surface area contributed by atoms with Crippen molar-refractivity contribution in [3.63, 3.8) is 0 Å². The molecule has 4 rings (SSSR count). The number of benzene rings is 2. The molecule has 0 saturated carbocycles. The van der Waals surface area contributed by atoms with Gasteiger partial charge in [0.2, 0.25) is 0 Å². The molecule has 0 aliphatic heterocycles. The van der Waals surface area contributed by atoms with Crippen molar-refractivity contribution in [2.45, 2.75) is 33.5 Å². The lowest BCUT2D eigenvalue weighted by atomic mass is 10.1. The molecular weight excluding hydrogens is 388 g/mol. The van der Waals surface area contributed by atoms with E-state index in [0.29, 0.717) is 19.6 Å². The Bertz CT molecular complexity index is 1150. The molecule has 0 unspecified atom stereocenters. The topological polar surface area (TPSA) is 76.8 Å². The highest BCUT2D eigenvalue weighted by atomic mass is 16.2. The van der Waals surface area contributed by atoms with E-state index in [2.05, 4.69) is 26.9 Å². The van der Waals surface area contributed by atoms with Gasteiger partial charge in [-0.05, 0) is 43.2 Å². The monoisotopic (exact) mass is 414 g/mol. The summed E-state index contributed by atoms with van der Waals surface area (Å²) in [6.45, 7) is 5.53. The van der Waals surface area contributed by atoms with Gasteiger partial charge in [0.25, 0.3) is 0 Å². The molecule has 158 valence electrons. The SMILES string of the molecule is Cc1nn(-c2ccccc2)c(C)c1CNC(=O)NCc1ccccc1Cn1cccn1. The van der Waals surface area contributed by atoms with Gasteiger partial charge in [0, 0.05) is 36.7 Å². The largest absolute Gasteiger partial charge is 0.334 e. The maximum Gasteiger partial charge on any atom is 0.315 e. The molecule has 0 aliphatic carbocycles. The molecule has 0 aliphatic rings. The molecule has 0 atom stereocenters. The lowest BCUT2D eigenvalue weighted by Crippen LogP contribution is -2.35. The molecule has 7 nitrogen and oxygen atoms in total. The van der Waals surface area contributed by atoms with Crippen LogP contribution in [0.2, 0.25) is 0 Å². The van der Waals surface area contributed by atoms with E-state index in [4.69, 9.17) is 0 Å². The average molecular weight is 415 g/mol. The van der Waals surface area contributed by atoms with Crippen molar-refractivity contribution in [1.29, 1.82) is 0 Å². The predicted molar refractivity (Wildman–Crippen MR) is 120 cm³/mol. The molecule has 31 heavy (non-hydrogen) atoms. The van der Waals surface area contributed by atoms with Crippen molar-refractivity contribution in [3.05, 3.63) is 101 Å². The Morgan fingerprint density at radius 1 is 0.903 bits per heavy atom. The van der Waals surface area contributed by atoms with Crippen LogP contribution in [0, 0.1) is 13.8 Å². The van der Waals surface area contributed by atoms with E-state index < -0.39 is 0 Å². The Hall–Kier alpha value is -3.87. The Kier molecular flexibility index (Phi) is 6.12. The van der Waals surface area contributed by atoms with Gasteiger partial charge in [0.1, 0.15) is 0 Å². The fourth-order valence-corrected chi connectivity index (χ4v) is 3.61. The minimum atomic E-state index is -0.208. The molecule has 0 radical (unpaired) electrons. The Labute approximate surface area is 181 Å². The summed E-state index contributed by atoms with van der Waals surface area (Å²) >= 11 is 0. The molecular formula is C24H26N6O. The number of hydrogen-bond donors (Lipinski definition) is 2. The first-order valence-electron chi connectivity index (χ1n) is 10.3. The molecule has 7 heteroatoms. The summed E-state index contributed by atoms with van der Waals surface area (Å²) in [6, 6.07) is 19.7. The number of hydrogen-bond acceptors (Lipinski definition) is 3. The fraction of sp³-hybridized carbons (Fsp3) is 0.208. The molecule has 0 fully saturated rings. The zero-order chi connectivity index (χ0) is 21.6. The van der Waals surface area contributed by atoms with Gasteiger partial charge < -0.3 is 10.6 Å². The molecule has 2 heterocycles. The number of para-hydroxylation sites is 1. The third kappa shape index (κ3) is 4.83. The van der Waals surface area contributed by atoms with Gasteiger partial charge in [0.15, 0.2) is 0 Å². The molecule has 0 bridgehead atoms. The Morgan fingerprint density at radius 3 is 2.35 bits per heavy atom. The highest BCUT2D eigenvalue weighted by molar-refractivity contribution is 5.74. The number of nitrogens with zero attached hydrogens (tertiary/aromatic N) is 4. The lowest BCUT2D eigenvalue weighted by molar-refractivity contribution is 0.240. The van der Waals surface area contributed by atoms with Gasteiger partial charge in [-0.3, -0.25) is 4.68 Å². The number of aromatic nitrogens is 4. The third-order valence-electron chi connectivity index (χ3n) is 5.32. The molecule has 2 amide bonds. The zero-order valence-electron chi connectivity index (χ0n) is 17.7. The summed E-state index contributed by atoms with van der Waals surface area (Å²) in [5, 5.41) is 14.8. The van der Waals surface area contributed by atoms with Gasteiger partial charge in [0.05, 0.1) is 17.9 Å². The van der Waals surface area contributed by atoms with Gasteiger partial charge in [-0.1, -0.05) is 42.5 Å². The van der Waals surface area contributed by atoms with Crippen molar-refractivity contribution in [1.82, 2.24) is 30.2 Å². The number of rotatable bonds is 7. The van der Waals surface area contributed by atoms with E-state index in [1.807, 2.05) is 84.0 Å². The number of urea groups is 1. The fourth-order valence-electron chi connectivity index (χ4n) is 3.61. The van der Waals surface area contributed by atoms with Crippen LogP contribution in [-0.2, 0) is 19.6 Å². The zero-order valence-corrected chi connectivity index (χ0v) is 17.7. The van der Waals surface area contributed by atoms with E-state index >= 15 is 0 Å². The van der Waals surface area contributed by atoms with Crippen molar-refractivity contribution in [2.24, 2.45) is 0 Å². The van der Waals surface area contributed by atoms with Crippen LogP contribution in [0.15, 0.2) is 73.1 Å². The van der Waals surface area contributed by atoms with Crippen molar-refractivity contribution >= 4 is 6.03 Å². The van der Waals surface area contributed by atoms with Crippen LogP contribution in [0.1, 0.15) is 28.1 Å². The number of amides is 2. The quantitative estimate of drug-likeness (QED) is 0.484. The van der Waals surface area contributed by atoms with Crippen LogP contribution in [0.4, 0.5) is 4.79 Å². The van der Waals surface area contributed by atoms with E-state index in [1.165, 1.54) is 0 Å². The van der Waals surface area contributed by atoms with Gasteiger partial charge >= 0.3 is 6.03 Å².